The van der Waals surface area contributed by atoms with E-state index in [9.17, 15) is 0 Å². The van der Waals surface area contributed by atoms with Crippen LogP contribution in [0.5, 0.6) is 0 Å². The van der Waals surface area contributed by atoms with E-state index in [-0.39, 0.29) is 0 Å². The van der Waals surface area contributed by atoms with Gasteiger partial charge in [0.15, 0.2) is 0 Å². The Morgan fingerprint density at radius 1 is 1.45 bits per heavy atom. The van der Waals surface area contributed by atoms with Gasteiger partial charge in [0.2, 0.25) is 0 Å². The highest BCUT2D eigenvalue weighted by Gasteiger charge is 1.87. The highest BCUT2D eigenvalue weighted by molar-refractivity contribution is 7.79. The van der Waals surface area contributed by atoms with Gasteiger partial charge in [0.25, 0.3) is 0 Å². The lowest BCUT2D eigenvalue weighted by molar-refractivity contribution is 0.171. The molecule has 0 aliphatic carbocycles. The first kappa shape index (κ1) is 13.4. The number of aliphatic hydroxyl groups excluding tert-OH is 1. The summed E-state index contributed by atoms with van der Waals surface area (Å²) in [5.41, 5.74) is 4.96. The average Bonchev–Trinajstić information content (AvgIpc) is 1.58. The quantitative estimate of drug-likeness (QED) is 0.338. The van der Waals surface area contributed by atoms with Crippen molar-refractivity contribution < 1.29 is 22.6 Å². The molecule has 0 aromatic heterocycles. The van der Waals surface area contributed by atoms with Crippen LogP contribution in [0.15, 0.2) is 0 Å². The van der Waals surface area contributed by atoms with Gasteiger partial charge < -0.3 is 10.8 Å². The summed E-state index contributed by atoms with van der Waals surface area (Å²) in [5, 5.41) is 8.33. The summed E-state index contributed by atoms with van der Waals surface area (Å²) in [7, 11) is -4.67. The lowest BCUT2D eigenvalue weighted by Crippen LogP contribution is -2.17. The minimum Gasteiger partial charge on any atom is -0.379 e. The standard InChI is InChI=1S/C4H11NO.H2O4S/c1-2-3-4(5)6;1-5(2,3)4/h4,6H,2-3,5H2,1H3;(H2,1,2,3,4). The number of hydrogen-bond donors (Lipinski definition) is 4. The molecule has 0 saturated carbocycles. The highest BCUT2D eigenvalue weighted by atomic mass is 32.3. The van der Waals surface area contributed by atoms with Crippen molar-refractivity contribution in [2.45, 2.75) is 26.0 Å². The summed E-state index contributed by atoms with van der Waals surface area (Å²) in [6, 6.07) is 0. The zero-order valence-electron chi connectivity index (χ0n) is 6.14. The van der Waals surface area contributed by atoms with Gasteiger partial charge in [-0.05, 0) is 6.42 Å². The second-order valence-electron chi connectivity index (χ2n) is 1.80. The Kier molecular flexibility index (Phi) is 7.91. The van der Waals surface area contributed by atoms with E-state index in [1.54, 1.807) is 0 Å². The predicted octanol–water partition coefficient (Wildman–Crippen LogP) is -0.589. The van der Waals surface area contributed by atoms with Crippen molar-refractivity contribution in [3.8, 4) is 0 Å². The highest BCUT2D eigenvalue weighted by Crippen LogP contribution is 1.85. The zero-order chi connectivity index (χ0) is 9.49. The van der Waals surface area contributed by atoms with Crippen molar-refractivity contribution >= 4 is 10.4 Å². The van der Waals surface area contributed by atoms with Gasteiger partial charge in [-0.1, -0.05) is 13.3 Å². The van der Waals surface area contributed by atoms with E-state index in [1.165, 1.54) is 0 Å². The van der Waals surface area contributed by atoms with Crippen molar-refractivity contribution in [3.05, 3.63) is 0 Å². The van der Waals surface area contributed by atoms with Gasteiger partial charge in [0.05, 0.1) is 0 Å². The average molecular weight is 187 g/mol. The molecule has 5 N–H and O–H groups in total. The Hall–Kier alpha value is -0.210. The summed E-state index contributed by atoms with van der Waals surface area (Å²) in [5.74, 6) is 0. The summed E-state index contributed by atoms with van der Waals surface area (Å²) in [4.78, 5) is 0. The molecule has 7 heteroatoms. The number of hydrogen-bond acceptors (Lipinski definition) is 4. The van der Waals surface area contributed by atoms with Crippen molar-refractivity contribution in [1.29, 1.82) is 0 Å². The maximum absolute atomic E-state index is 8.74. The molecule has 6 nitrogen and oxygen atoms in total. The topological polar surface area (TPSA) is 121 Å². The van der Waals surface area contributed by atoms with Crippen LogP contribution in [0.1, 0.15) is 19.8 Å². The third kappa shape index (κ3) is 76.3. The van der Waals surface area contributed by atoms with Crippen molar-refractivity contribution in [1.82, 2.24) is 0 Å². The molecule has 0 aromatic carbocycles. The van der Waals surface area contributed by atoms with Gasteiger partial charge in [-0.3, -0.25) is 9.11 Å². The molecule has 0 aliphatic rings. The fourth-order valence-corrected chi connectivity index (χ4v) is 0.296. The van der Waals surface area contributed by atoms with E-state index in [1.807, 2.05) is 6.92 Å². The van der Waals surface area contributed by atoms with E-state index < -0.39 is 16.6 Å². The van der Waals surface area contributed by atoms with Crippen LogP contribution in [0, 0.1) is 0 Å². The molecular formula is C4H13NO5S. The normalized spacial score (nSPS) is 13.2. The number of aliphatic hydroxyl groups is 1. The third-order valence-electron chi connectivity index (χ3n) is 0.584. The van der Waals surface area contributed by atoms with Crippen LogP contribution in [-0.2, 0) is 10.4 Å². The molecule has 70 valence electrons. The van der Waals surface area contributed by atoms with Gasteiger partial charge >= 0.3 is 10.4 Å². The summed E-state index contributed by atoms with van der Waals surface area (Å²) in [6.45, 7) is 1.98. The van der Waals surface area contributed by atoms with E-state index in [2.05, 4.69) is 0 Å². The molecule has 0 spiro atoms. The van der Waals surface area contributed by atoms with Gasteiger partial charge in [-0.15, -0.1) is 0 Å². The molecule has 0 saturated heterocycles. The molecule has 0 bridgehead atoms. The molecule has 11 heavy (non-hydrogen) atoms. The molecule has 0 amide bonds. The second-order valence-corrected chi connectivity index (χ2v) is 2.70. The Morgan fingerprint density at radius 3 is 1.73 bits per heavy atom. The first-order chi connectivity index (χ1) is 4.77. The van der Waals surface area contributed by atoms with Gasteiger partial charge in [-0.2, -0.15) is 8.42 Å². The van der Waals surface area contributed by atoms with Crippen molar-refractivity contribution in [2.75, 3.05) is 0 Å². The second kappa shape index (κ2) is 6.50. The van der Waals surface area contributed by atoms with Gasteiger partial charge in [0, 0.05) is 0 Å². The molecule has 0 rings (SSSR count). The Balaban J connectivity index is 0. The molecule has 1 unspecified atom stereocenters. The lowest BCUT2D eigenvalue weighted by atomic mass is 10.3. The number of nitrogens with two attached hydrogens (primary N) is 1. The van der Waals surface area contributed by atoms with E-state index in [4.69, 9.17) is 28.4 Å². The zero-order valence-corrected chi connectivity index (χ0v) is 6.95. The fourth-order valence-electron chi connectivity index (χ4n) is 0.296. The Labute approximate surface area is 65.6 Å². The van der Waals surface area contributed by atoms with Crippen LogP contribution in [0.3, 0.4) is 0 Å². The monoisotopic (exact) mass is 187 g/mol. The van der Waals surface area contributed by atoms with Crippen LogP contribution in [0.2, 0.25) is 0 Å². The van der Waals surface area contributed by atoms with Crippen LogP contribution >= 0.6 is 0 Å². The SMILES string of the molecule is CCCC(N)O.O=S(=O)(O)O. The minimum absolute atomic E-state index is 0.602. The lowest BCUT2D eigenvalue weighted by Gasteiger charge is -1.96. The summed E-state index contributed by atoms with van der Waals surface area (Å²) in [6.07, 6.45) is 1.06. The Bertz CT molecular complexity index is 155. The first-order valence-corrected chi connectivity index (χ1v) is 4.30. The van der Waals surface area contributed by atoms with Crippen LogP contribution in [0.25, 0.3) is 0 Å². The third-order valence-corrected chi connectivity index (χ3v) is 0.584. The maximum atomic E-state index is 8.74. The molecule has 0 aliphatic heterocycles. The summed E-state index contributed by atoms with van der Waals surface area (Å²) >= 11 is 0. The largest absolute Gasteiger partial charge is 0.394 e. The van der Waals surface area contributed by atoms with Crippen LogP contribution in [0.4, 0.5) is 0 Å². The van der Waals surface area contributed by atoms with Gasteiger partial charge in [0.1, 0.15) is 6.23 Å². The van der Waals surface area contributed by atoms with E-state index in [0.29, 0.717) is 6.42 Å². The van der Waals surface area contributed by atoms with Crippen LogP contribution in [-0.4, -0.2) is 28.9 Å². The molecule has 0 radical (unpaired) electrons. The molecule has 0 aromatic rings. The predicted molar refractivity (Wildman–Crippen MR) is 39.3 cm³/mol. The summed E-state index contributed by atoms with van der Waals surface area (Å²) < 4.78 is 31.6. The number of rotatable bonds is 2. The smallest absolute Gasteiger partial charge is 0.379 e. The molecule has 0 fully saturated rings. The van der Waals surface area contributed by atoms with Crippen LogP contribution < -0.4 is 5.73 Å². The maximum Gasteiger partial charge on any atom is 0.394 e. The van der Waals surface area contributed by atoms with E-state index >= 15 is 0 Å². The fraction of sp³-hybridized carbons (Fsp3) is 1.00. The van der Waals surface area contributed by atoms with Crippen molar-refractivity contribution in [3.63, 3.8) is 0 Å². The van der Waals surface area contributed by atoms with E-state index in [0.717, 1.165) is 6.42 Å². The Morgan fingerprint density at radius 2 is 1.73 bits per heavy atom. The first-order valence-electron chi connectivity index (χ1n) is 2.91. The molecule has 1 atom stereocenters. The molecular weight excluding hydrogens is 174 g/mol. The van der Waals surface area contributed by atoms with Crippen molar-refractivity contribution in [2.24, 2.45) is 5.73 Å². The van der Waals surface area contributed by atoms with Gasteiger partial charge in [-0.25, -0.2) is 0 Å². The molecule has 0 heterocycles. The minimum atomic E-state index is -4.67.